The molecule has 2 aliphatic heterocycles. The Morgan fingerprint density at radius 3 is 2.67 bits per heavy atom. The van der Waals surface area contributed by atoms with E-state index < -0.39 is 10.0 Å². The van der Waals surface area contributed by atoms with E-state index in [1.807, 2.05) is 32.1 Å². The first kappa shape index (κ1) is 27.3. The average Bonchev–Trinajstić information content (AvgIpc) is 3.48. The lowest BCUT2D eigenvalue weighted by Gasteiger charge is -2.24. The van der Waals surface area contributed by atoms with Crippen molar-refractivity contribution in [3.63, 3.8) is 0 Å². The Hall–Kier alpha value is -3.28. The molecule has 11 heteroatoms. The van der Waals surface area contributed by atoms with Gasteiger partial charge in [-0.3, -0.25) is 4.90 Å². The van der Waals surface area contributed by atoms with Crippen LogP contribution >= 0.6 is 0 Å². The monoisotopic (exact) mass is 515 g/mol. The number of amides is 2. The second-order valence-corrected chi connectivity index (χ2v) is 10.7. The number of hydrazine groups is 1. The number of nitrogens with zero attached hydrogens (tertiary/aromatic N) is 3. The lowest BCUT2D eigenvalue weighted by Crippen LogP contribution is -2.42. The Bertz CT molecular complexity index is 1150. The maximum Gasteiger partial charge on any atom is 0.326 e. The predicted octanol–water partition coefficient (Wildman–Crippen LogP) is 2.10. The van der Waals surface area contributed by atoms with Gasteiger partial charge in [-0.2, -0.15) is 0 Å². The van der Waals surface area contributed by atoms with Crippen LogP contribution in [-0.2, 0) is 16.4 Å². The van der Waals surface area contributed by atoms with Gasteiger partial charge in [0.1, 0.15) is 0 Å². The number of carbonyl (C=O) groups excluding carboxylic acids is 1. The maximum absolute atomic E-state index is 13.3. The van der Waals surface area contributed by atoms with Crippen molar-refractivity contribution in [2.24, 2.45) is 11.6 Å². The topological polar surface area (TPSA) is 137 Å². The van der Waals surface area contributed by atoms with Crippen LogP contribution in [0.4, 0.5) is 10.5 Å². The van der Waals surface area contributed by atoms with Crippen LogP contribution in [0.5, 0.6) is 0 Å². The summed E-state index contributed by atoms with van der Waals surface area (Å²) in [5.74, 6) is 5.68. The molecule has 3 rings (SSSR count). The van der Waals surface area contributed by atoms with Crippen LogP contribution in [0.15, 0.2) is 71.7 Å². The Kier molecular flexibility index (Phi) is 9.19. The molecule has 196 valence electrons. The number of benzene rings is 1. The average molecular weight is 516 g/mol. The summed E-state index contributed by atoms with van der Waals surface area (Å²) in [5, 5.41) is 4.23. The van der Waals surface area contributed by atoms with Gasteiger partial charge in [-0.05, 0) is 63.0 Å². The summed E-state index contributed by atoms with van der Waals surface area (Å²) >= 11 is 0. The van der Waals surface area contributed by atoms with E-state index in [-0.39, 0.29) is 30.1 Å². The molecule has 1 saturated heterocycles. The first-order chi connectivity index (χ1) is 17.2. The van der Waals surface area contributed by atoms with E-state index in [0.29, 0.717) is 17.8 Å². The number of carbonyl (C=O) groups is 1. The summed E-state index contributed by atoms with van der Waals surface area (Å²) in [6, 6.07) is 4.42. The zero-order valence-electron chi connectivity index (χ0n) is 21.0. The van der Waals surface area contributed by atoms with Crippen molar-refractivity contribution in [3.8, 4) is 0 Å². The van der Waals surface area contributed by atoms with Crippen LogP contribution < -0.4 is 26.5 Å². The molecule has 0 saturated carbocycles. The third-order valence-electron chi connectivity index (χ3n) is 6.27. The minimum Gasteiger partial charge on any atom is -0.403 e. The lowest BCUT2D eigenvalue weighted by atomic mass is 10.1. The molecule has 0 spiro atoms. The van der Waals surface area contributed by atoms with Gasteiger partial charge in [0, 0.05) is 56.0 Å². The fraction of sp³-hybridized carbons (Fsp3) is 0.400. The van der Waals surface area contributed by atoms with Crippen molar-refractivity contribution < 1.29 is 13.2 Å². The number of rotatable bonds is 10. The molecule has 1 atom stereocenters. The highest BCUT2D eigenvalue weighted by molar-refractivity contribution is 7.89. The summed E-state index contributed by atoms with van der Waals surface area (Å²) < 4.78 is 28.2. The van der Waals surface area contributed by atoms with Crippen LogP contribution in [0.3, 0.4) is 0 Å². The van der Waals surface area contributed by atoms with Gasteiger partial charge in [0.15, 0.2) is 0 Å². The first-order valence-electron chi connectivity index (χ1n) is 12.1. The van der Waals surface area contributed by atoms with Gasteiger partial charge in [0.2, 0.25) is 10.0 Å². The lowest BCUT2D eigenvalue weighted by molar-refractivity contribution is 0.247. The van der Waals surface area contributed by atoms with Crippen molar-refractivity contribution in [2.45, 2.75) is 44.0 Å². The number of allylic oxidation sites excluding steroid dienone is 3. The number of likely N-dealkylation sites (tertiary alicyclic amines) is 1. The third-order valence-corrected chi connectivity index (χ3v) is 7.73. The molecule has 1 unspecified atom stereocenters. The van der Waals surface area contributed by atoms with Gasteiger partial charge in [0.05, 0.1) is 10.6 Å². The quantitative estimate of drug-likeness (QED) is 0.213. The molecular weight excluding hydrogens is 478 g/mol. The standard InChI is InChI=1S/C25H37N7O3S/c1-4-22(9-7-19(2)30-13-5-6-14-30)29-25(33)32-20(3)17-21-8-10-23(18-24(21)32)36(34,35)28-12-16-31(27)15-11-26/h4,7-11,15,18,20,28H,2,5-6,12-14,16-17,26-27H2,1,3H3,(H,29,33)/b9-7-,15-11-,22-4+. The largest absolute Gasteiger partial charge is 0.403 e. The Balaban J connectivity index is 1.71. The van der Waals surface area contributed by atoms with E-state index in [1.165, 1.54) is 17.4 Å². The van der Waals surface area contributed by atoms with Gasteiger partial charge >= 0.3 is 6.03 Å². The summed E-state index contributed by atoms with van der Waals surface area (Å²) in [6.07, 6.45) is 11.2. The van der Waals surface area contributed by atoms with Gasteiger partial charge in [-0.1, -0.05) is 18.7 Å². The van der Waals surface area contributed by atoms with Gasteiger partial charge < -0.3 is 21.0 Å². The number of nitrogens with one attached hydrogen (secondary N) is 2. The normalized spacial score (nSPS) is 18.3. The molecule has 0 radical (unpaired) electrons. The first-order valence-corrected chi connectivity index (χ1v) is 13.6. The summed E-state index contributed by atoms with van der Waals surface area (Å²) in [5.41, 5.74) is 8.34. The van der Waals surface area contributed by atoms with E-state index >= 15 is 0 Å². The van der Waals surface area contributed by atoms with E-state index in [1.54, 1.807) is 23.1 Å². The molecule has 2 aliphatic rings. The van der Waals surface area contributed by atoms with Gasteiger partial charge in [0.25, 0.3) is 0 Å². The SMILES string of the molecule is C=C(/C=C\C(=C/C)NC(=O)N1c2cc(S(=O)(=O)NCCN(N)/C=C\N)ccc2CC1C)N1CCCC1. The highest BCUT2D eigenvalue weighted by Crippen LogP contribution is 2.34. The van der Waals surface area contributed by atoms with Crippen LogP contribution in [0.2, 0.25) is 0 Å². The zero-order valence-corrected chi connectivity index (χ0v) is 21.8. The Morgan fingerprint density at radius 2 is 2.00 bits per heavy atom. The zero-order chi connectivity index (χ0) is 26.3. The number of anilines is 1. The molecule has 2 amide bonds. The Labute approximate surface area is 214 Å². The molecule has 0 aromatic heterocycles. The third kappa shape index (κ3) is 6.68. The molecule has 1 aromatic carbocycles. The van der Waals surface area contributed by atoms with Crippen LogP contribution in [0.25, 0.3) is 0 Å². The smallest absolute Gasteiger partial charge is 0.326 e. The molecule has 36 heavy (non-hydrogen) atoms. The summed E-state index contributed by atoms with van der Waals surface area (Å²) in [7, 11) is -3.80. The highest BCUT2D eigenvalue weighted by Gasteiger charge is 2.32. The molecule has 10 nitrogen and oxygen atoms in total. The molecule has 6 N–H and O–H groups in total. The number of nitrogens with two attached hydrogens (primary N) is 2. The summed E-state index contributed by atoms with van der Waals surface area (Å²) in [4.78, 5) is 17.2. The van der Waals surface area contributed by atoms with Crippen LogP contribution in [0, 0.1) is 0 Å². The van der Waals surface area contributed by atoms with E-state index in [4.69, 9.17) is 11.6 Å². The van der Waals surface area contributed by atoms with E-state index in [0.717, 1.165) is 37.2 Å². The van der Waals surface area contributed by atoms with Crippen molar-refractivity contribution in [3.05, 3.63) is 72.4 Å². The second-order valence-electron chi connectivity index (χ2n) is 8.88. The van der Waals surface area contributed by atoms with Crippen molar-refractivity contribution in [1.82, 2.24) is 19.9 Å². The number of hydrogen-bond acceptors (Lipinski definition) is 7. The highest BCUT2D eigenvalue weighted by atomic mass is 32.2. The van der Waals surface area contributed by atoms with Crippen LogP contribution in [0.1, 0.15) is 32.3 Å². The van der Waals surface area contributed by atoms with Gasteiger partial charge in [-0.25, -0.2) is 23.8 Å². The molecular formula is C25H37N7O3S. The molecule has 2 heterocycles. The number of urea groups is 1. The molecule has 0 aliphatic carbocycles. The maximum atomic E-state index is 13.3. The number of hydrogen-bond donors (Lipinski definition) is 4. The van der Waals surface area contributed by atoms with E-state index in [9.17, 15) is 13.2 Å². The van der Waals surface area contributed by atoms with Crippen molar-refractivity contribution in [1.29, 1.82) is 0 Å². The van der Waals surface area contributed by atoms with Crippen molar-refractivity contribution >= 4 is 21.7 Å². The number of sulfonamides is 1. The fourth-order valence-corrected chi connectivity index (χ4v) is 5.37. The second kappa shape index (κ2) is 12.1. The van der Waals surface area contributed by atoms with Crippen LogP contribution in [-0.4, -0.2) is 56.6 Å². The van der Waals surface area contributed by atoms with E-state index in [2.05, 4.69) is 21.5 Å². The number of fused-ring (bicyclic) bond motifs is 1. The molecule has 1 fully saturated rings. The summed E-state index contributed by atoms with van der Waals surface area (Å²) in [6.45, 7) is 10.2. The minimum atomic E-state index is -3.80. The minimum absolute atomic E-state index is 0.0825. The predicted molar refractivity (Wildman–Crippen MR) is 143 cm³/mol. The van der Waals surface area contributed by atoms with Crippen molar-refractivity contribution in [2.75, 3.05) is 31.1 Å². The Morgan fingerprint density at radius 1 is 1.28 bits per heavy atom. The fourth-order valence-electron chi connectivity index (χ4n) is 4.33. The molecule has 0 bridgehead atoms. The molecule has 1 aromatic rings. The van der Waals surface area contributed by atoms with Gasteiger partial charge in [-0.15, -0.1) is 0 Å².